The fourth-order valence-electron chi connectivity index (χ4n) is 3.54. The molecule has 0 spiro atoms. The van der Waals surface area contributed by atoms with Crippen molar-refractivity contribution in [2.45, 2.75) is 57.7 Å². The predicted molar refractivity (Wildman–Crippen MR) is 115 cm³/mol. The molecule has 0 saturated carbocycles. The van der Waals surface area contributed by atoms with Gasteiger partial charge in [-0.1, -0.05) is 0 Å². The molecule has 1 fully saturated rings. The summed E-state index contributed by atoms with van der Waals surface area (Å²) in [6.45, 7) is 4.38. The summed E-state index contributed by atoms with van der Waals surface area (Å²) >= 11 is 0. The standard InChI is InChI=1S/C22H25F4N5O4/c1-21(2,3)35-20(34)30-11-14(23)8-16(30)19(33)28-9-12-10-31(29-17(12)18(27)32)15-6-4-13(5-7-15)22(24,25)26/h4-7,10,14,16H,8-9,11H2,1-3H3,(H2,27,32)(H,28,33). The lowest BCUT2D eigenvalue weighted by molar-refractivity contribution is -0.137. The zero-order valence-electron chi connectivity index (χ0n) is 19.2. The molecule has 9 nitrogen and oxygen atoms in total. The molecule has 13 heteroatoms. The van der Waals surface area contributed by atoms with E-state index in [0.29, 0.717) is 0 Å². The minimum atomic E-state index is -4.51. The van der Waals surface area contributed by atoms with Crippen molar-refractivity contribution in [3.05, 3.63) is 47.3 Å². The normalized spacial score (nSPS) is 18.4. The summed E-state index contributed by atoms with van der Waals surface area (Å²) in [5, 5.41) is 6.54. The number of primary amides is 1. The smallest absolute Gasteiger partial charge is 0.416 e. The van der Waals surface area contributed by atoms with Gasteiger partial charge in [-0.2, -0.15) is 18.3 Å². The van der Waals surface area contributed by atoms with E-state index in [2.05, 4.69) is 10.4 Å². The molecule has 1 aliphatic heterocycles. The van der Waals surface area contributed by atoms with Gasteiger partial charge >= 0.3 is 12.3 Å². The van der Waals surface area contributed by atoms with E-state index in [1.54, 1.807) is 20.8 Å². The number of rotatable bonds is 5. The Morgan fingerprint density at radius 2 is 1.80 bits per heavy atom. The number of carbonyl (C=O) groups excluding carboxylic acids is 3. The first kappa shape index (κ1) is 26.0. The second-order valence-corrected chi connectivity index (χ2v) is 9.06. The van der Waals surface area contributed by atoms with Gasteiger partial charge in [-0.25, -0.2) is 13.9 Å². The van der Waals surface area contributed by atoms with Gasteiger partial charge in [-0.05, 0) is 45.0 Å². The van der Waals surface area contributed by atoms with Crippen LogP contribution in [0, 0.1) is 0 Å². The van der Waals surface area contributed by atoms with Gasteiger partial charge in [-0.15, -0.1) is 0 Å². The molecule has 35 heavy (non-hydrogen) atoms. The van der Waals surface area contributed by atoms with Gasteiger partial charge < -0.3 is 15.8 Å². The van der Waals surface area contributed by atoms with E-state index in [4.69, 9.17) is 10.5 Å². The number of nitrogens with two attached hydrogens (primary N) is 1. The summed E-state index contributed by atoms with van der Waals surface area (Å²) in [6, 6.07) is 2.94. The van der Waals surface area contributed by atoms with Crippen molar-refractivity contribution in [3.63, 3.8) is 0 Å². The summed E-state index contributed by atoms with van der Waals surface area (Å²) in [6.07, 6.45) is -5.64. The second kappa shape index (κ2) is 9.55. The quantitative estimate of drug-likeness (QED) is 0.613. The van der Waals surface area contributed by atoms with Crippen molar-refractivity contribution in [2.24, 2.45) is 5.73 Å². The van der Waals surface area contributed by atoms with Crippen molar-refractivity contribution in [2.75, 3.05) is 6.54 Å². The zero-order chi connectivity index (χ0) is 26.1. The highest BCUT2D eigenvalue weighted by Crippen LogP contribution is 2.29. The summed E-state index contributed by atoms with van der Waals surface area (Å²) in [5.41, 5.74) is 3.88. The molecule has 1 aromatic carbocycles. The highest BCUT2D eigenvalue weighted by molar-refractivity contribution is 5.92. The van der Waals surface area contributed by atoms with Gasteiger partial charge in [-0.3, -0.25) is 14.5 Å². The van der Waals surface area contributed by atoms with Crippen molar-refractivity contribution in [3.8, 4) is 5.69 Å². The molecular weight excluding hydrogens is 474 g/mol. The topological polar surface area (TPSA) is 120 Å². The number of hydrogen-bond donors (Lipinski definition) is 2. The lowest BCUT2D eigenvalue weighted by Gasteiger charge is -2.27. The van der Waals surface area contributed by atoms with Crippen LogP contribution in [0.25, 0.3) is 5.69 Å². The molecule has 1 aromatic heterocycles. The molecule has 3 rings (SSSR count). The number of benzene rings is 1. The maximum atomic E-state index is 14.0. The molecule has 3 N–H and O–H groups in total. The van der Waals surface area contributed by atoms with Crippen LogP contribution >= 0.6 is 0 Å². The zero-order valence-corrected chi connectivity index (χ0v) is 19.2. The number of halogens is 4. The lowest BCUT2D eigenvalue weighted by atomic mass is 10.1. The molecule has 0 aliphatic carbocycles. The molecule has 1 aliphatic rings. The van der Waals surface area contributed by atoms with Crippen LogP contribution in [0.15, 0.2) is 30.5 Å². The minimum Gasteiger partial charge on any atom is -0.444 e. The molecular formula is C22H25F4N5O4. The molecule has 3 amide bonds. The number of nitrogens with zero attached hydrogens (tertiary/aromatic N) is 3. The molecule has 190 valence electrons. The lowest BCUT2D eigenvalue weighted by Crippen LogP contribution is -2.47. The minimum absolute atomic E-state index is 0.185. The molecule has 1 saturated heterocycles. The molecule has 0 bridgehead atoms. The van der Waals surface area contributed by atoms with Crippen LogP contribution < -0.4 is 11.1 Å². The highest BCUT2D eigenvalue weighted by atomic mass is 19.4. The van der Waals surface area contributed by atoms with Crippen LogP contribution in [0.3, 0.4) is 0 Å². The fourth-order valence-corrected chi connectivity index (χ4v) is 3.54. The summed E-state index contributed by atoms with van der Waals surface area (Å²) in [4.78, 5) is 38.0. The van der Waals surface area contributed by atoms with E-state index in [1.165, 1.54) is 18.3 Å². The van der Waals surface area contributed by atoms with Gasteiger partial charge in [0.25, 0.3) is 5.91 Å². The van der Waals surface area contributed by atoms with Crippen molar-refractivity contribution in [1.82, 2.24) is 20.0 Å². The van der Waals surface area contributed by atoms with Crippen molar-refractivity contribution < 1.29 is 36.7 Å². The molecule has 2 unspecified atom stereocenters. The van der Waals surface area contributed by atoms with Gasteiger partial charge in [0, 0.05) is 24.7 Å². The van der Waals surface area contributed by atoms with Gasteiger partial charge in [0.05, 0.1) is 17.8 Å². The first-order valence-corrected chi connectivity index (χ1v) is 10.6. The van der Waals surface area contributed by atoms with Gasteiger partial charge in [0.15, 0.2) is 5.69 Å². The Labute approximate surface area is 198 Å². The monoisotopic (exact) mass is 499 g/mol. The first-order chi connectivity index (χ1) is 16.2. The Hall–Kier alpha value is -3.64. The van der Waals surface area contributed by atoms with Crippen LogP contribution in [-0.4, -0.2) is 56.9 Å². The van der Waals surface area contributed by atoms with E-state index in [0.717, 1.165) is 21.7 Å². The molecule has 0 radical (unpaired) electrons. The number of amides is 3. The number of aromatic nitrogens is 2. The maximum Gasteiger partial charge on any atom is 0.416 e. The fraction of sp³-hybridized carbons (Fsp3) is 0.455. The van der Waals surface area contributed by atoms with E-state index >= 15 is 0 Å². The third-order valence-electron chi connectivity index (χ3n) is 5.12. The Bertz CT molecular complexity index is 1110. The van der Waals surface area contributed by atoms with Crippen LogP contribution in [0.5, 0.6) is 0 Å². The predicted octanol–water partition coefficient (Wildman–Crippen LogP) is 2.95. The number of likely N-dealkylation sites (tertiary alicyclic amines) is 1. The van der Waals surface area contributed by atoms with Crippen LogP contribution in [0.4, 0.5) is 22.4 Å². The average Bonchev–Trinajstić information content (AvgIpc) is 3.34. The molecule has 2 atom stereocenters. The summed E-state index contributed by atoms with van der Waals surface area (Å²) in [7, 11) is 0. The Morgan fingerprint density at radius 1 is 1.17 bits per heavy atom. The van der Waals surface area contributed by atoms with Crippen molar-refractivity contribution >= 4 is 17.9 Å². The SMILES string of the molecule is CC(C)(C)OC(=O)N1CC(F)CC1C(=O)NCc1cn(-c2ccc(C(F)(F)F)cc2)nc1C(N)=O. The van der Waals surface area contributed by atoms with E-state index in [9.17, 15) is 31.9 Å². The van der Waals surface area contributed by atoms with Crippen LogP contribution in [0.2, 0.25) is 0 Å². The van der Waals surface area contributed by atoms with Crippen LogP contribution in [-0.2, 0) is 22.3 Å². The summed E-state index contributed by atoms with van der Waals surface area (Å²) in [5.74, 6) is -1.59. The molecule has 2 heterocycles. The van der Waals surface area contributed by atoms with Gasteiger partial charge in [0.2, 0.25) is 5.91 Å². The van der Waals surface area contributed by atoms with Crippen molar-refractivity contribution in [1.29, 1.82) is 0 Å². The van der Waals surface area contributed by atoms with E-state index in [-0.39, 0.29) is 36.5 Å². The highest BCUT2D eigenvalue weighted by Gasteiger charge is 2.41. The third-order valence-corrected chi connectivity index (χ3v) is 5.12. The number of alkyl halides is 4. The van der Waals surface area contributed by atoms with E-state index in [1.807, 2.05) is 0 Å². The average molecular weight is 499 g/mol. The maximum absolute atomic E-state index is 14.0. The first-order valence-electron chi connectivity index (χ1n) is 10.6. The number of nitrogens with one attached hydrogen (secondary N) is 1. The summed E-state index contributed by atoms with van der Waals surface area (Å²) < 4.78 is 58.8. The molecule has 2 aromatic rings. The van der Waals surface area contributed by atoms with E-state index < -0.39 is 47.5 Å². The second-order valence-electron chi connectivity index (χ2n) is 9.06. The third kappa shape index (κ3) is 6.28. The Morgan fingerprint density at radius 3 is 2.34 bits per heavy atom. The van der Waals surface area contributed by atoms with Crippen LogP contribution in [0.1, 0.15) is 48.8 Å². The largest absolute Gasteiger partial charge is 0.444 e. The van der Waals surface area contributed by atoms with Gasteiger partial charge in [0.1, 0.15) is 17.8 Å². The number of carbonyl (C=O) groups is 3. The Kier molecular flexibility index (Phi) is 7.08. The number of ether oxygens (including phenoxy) is 1. The number of hydrogen-bond acceptors (Lipinski definition) is 5. The Balaban J connectivity index is 1.75.